The third-order valence-corrected chi connectivity index (χ3v) is 1.76. The van der Waals surface area contributed by atoms with E-state index in [1.165, 1.54) is 0 Å². The summed E-state index contributed by atoms with van der Waals surface area (Å²) in [5.41, 5.74) is 0. The van der Waals surface area contributed by atoms with E-state index in [4.69, 9.17) is 0 Å². The summed E-state index contributed by atoms with van der Waals surface area (Å²) in [6, 6.07) is 2.57. The standard InChI is InChI=1S/C9H17N3O/c1-5-10-7-11-9(13)6-8(2)12(3)4/h8H,5-6H2,1-4H3. The van der Waals surface area contributed by atoms with Crippen LogP contribution in [0.5, 0.6) is 0 Å². The Kier molecular flexibility index (Phi) is 6.02. The minimum absolute atomic E-state index is 0.168. The van der Waals surface area contributed by atoms with Crippen molar-refractivity contribution in [3.8, 4) is 0 Å². The first-order valence-corrected chi connectivity index (χ1v) is 4.39. The number of hydrogen-bond donors (Lipinski definition) is 0. The van der Waals surface area contributed by atoms with Crippen LogP contribution in [-0.2, 0) is 4.79 Å². The molecule has 4 nitrogen and oxygen atoms in total. The quantitative estimate of drug-likeness (QED) is 0.611. The minimum Gasteiger partial charge on any atom is -0.306 e. The molecule has 1 unspecified atom stereocenters. The van der Waals surface area contributed by atoms with Crippen molar-refractivity contribution in [3.63, 3.8) is 0 Å². The van der Waals surface area contributed by atoms with Gasteiger partial charge in [-0.05, 0) is 27.9 Å². The van der Waals surface area contributed by atoms with Gasteiger partial charge in [0.15, 0.2) is 0 Å². The normalized spacial score (nSPS) is 12.1. The fourth-order valence-electron chi connectivity index (χ4n) is 0.643. The molecule has 0 saturated heterocycles. The van der Waals surface area contributed by atoms with Crippen LogP contribution in [0.1, 0.15) is 20.3 Å². The molecule has 0 aliphatic carbocycles. The zero-order valence-electron chi connectivity index (χ0n) is 8.74. The van der Waals surface area contributed by atoms with Crippen molar-refractivity contribution < 1.29 is 4.79 Å². The number of aliphatic imine (C=N–C) groups is 2. The Balaban J connectivity index is 3.94. The summed E-state index contributed by atoms with van der Waals surface area (Å²) < 4.78 is 0. The molecule has 0 saturated carbocycles. The molecule has 13 heavy (non-hydrogen) atoms. The molecule has 0 radical (unpaired) electrons. The molecule has 0 aromatic heterocycles. The monoisotopic (exact) mass is 183 g/mol. The SMILES string of the molecule is CCN=C=NC(=O)CC(C)N(C)C. The average molecular weight is 183 g/mol. The van der Waals surface area contributed by atoms with Crippen LogP contribution >= 0.6 is 0 Å². The molecular weight excluding hydrogens is 166 g/mol. The van der Waals surface area contributed by atoms with Gasteiger partial charge >= 0.3 is 0 Å². The Labute approximate surface area is 79.4 Å². The molecule has 4 heteroatoms. The molecule has 0 heterocycles. The third kappa shape index (κ3) is 6.20. The summed E-state index contributed by atoms with van der Waals surface area (Å²) in [7, 11) is 3.86. The number of nitrogens with zero attached hydrogens (tertiary/aromatic N) is 3. The molecule has 1 amide bonds. The molecule has 0 spiro atoms. The molecule has 0 aromatic rings. The summed E-state index contributed by atoms with van der Waals surface area (Å²) >= 11 is 0. The molecular formula is C9H17N3O. The molecule has 74 valence electrons. The third-order valence-electron chi connectivity index (χ3n) is 1.76. The van der Waals surface area contributed by atoms with Gasteiger partial charge in [0.25, 0.3) is 5.91 Å². The smallest absolute Gasteiger partial charge is 0.256 e. The molecule has 0 rings (SSSR count). The Hall–Kier alpha value is -0.990. The van der Waals surface area contributed by atoms with Gasteiger partial charge in [0.1, 0.15) is 0 Å². The second-order valence-corrected chi connectivity index (χ2v) is 3.10. The largest absolute Gasteiger partial charge is 0.306 e. The van der Waals surface area contributed by atoms with Crippen LogP contribution in [0.15, 0.2) is 9.98 Å². The van der Waals surface area contributed by atoms with Gasteiger partial charge in [0, 0.05) is 19.0 Å². The van der Waals surface area contributed by atoms with E-state index in [-0.39, 0.29) is 11.9 Å². The molecule has 0 aliphatic rings. The van der Waals surface area contributed by atoms with Crippen molar-refractivity contribution in [3.05, 3.63) is 0 Å². The highest BCUT2D eigenvalue weighted by Crippen LogP contribution is 1.98. The highest BCUT2D eigenvalue weighted by molar-refractivity contribution is 5.82. The summed E-state index contributed by atoms with van der Waals surface area (Å²) in [6.45, 7) is 4.46. The predicted molar refractivity (Wildman–Crippen MR) is 53.2 cm³/mol. The lowest BCUT2D eigenvalue weighted by molar-refractivity contribution is -0.118. The number of carbonyl (C=O) groups is 1. The van der Waals surface area contributed by atoms with Gasteiger partial charge in [-0.2, -0.15) is 0 Å². The van der Waals surface area contributed by atoms with E-state index < -0.39 is 0 Å². The number of carbonyl (C=O) groups excluding carboxylic acids is 1. The van der Waals surface area contributed by atoms with Crippen molar-refractivity contribution in [1.82, 2.24) is 4.90 Å². The maximum absolute atomic E-state index is 11.1. The number of amides is 1. The van der Waals surface area contributed by atoms with Crippen LogP contribution in [0.3, 0.4) is 0 Å². The molecule has 0 aromatic carbocycles. The van der Waals surface area contributed by atoms with Crippen LogP contribution in [0, 0.1) is 0 Å². The van der Waals surface area contributed by atoms with Crippen molar-refractivity contribution in [2.75, 3.05) is 20.6 Å². The first kappa shape index (κ1) is 12.0. The van der Waals surface area contributed by atoms with E-state index in [1.807, 2.05) is 32.8 Å². The maximum atomic E-state index is 11.1. The Morgan fingerprint density at radius 2 is 2.15 bits per heavy atom. The van der Waals surface area contributed by atoms with E-state index in [2.05, 4.69) is 16.0 Å². The Morgan fingerprint density at radius 3 is 2.62 bits per heavy atom. The van der Waals surface area contributed by atoms with Gasteiger partial charge in [0.05, 0.1) is 6.01 Å². The first-order chi connectivity index (χ1) is 6.07. The van der Waals surface area contributed by atoms with Gasteiger partial charge in [0.2, 0.25) is 0 Å². The van der Waals surface area contributed by atoms with Gasteiger partial charge in [-0.25, -0.2) is 4.99 Å². The van der Waals surface area contributed by atoms with E-state index in [1.54, 1.807) is 0 Å². The number of rotatable bonds is 4. The topological polar surface area (TPSA) is 45.0 Å². The highest BCUT2D eigenvalue weighted by Gasteiger charge is 2.08. The number of hydrogen-bond acceptors (Lipinski definition) is 3. The molecule has 0 bridgehead atoms. The molecule has 0 aliphatic heterocycles. The van der Waals surface area contributed by atoms with E-state index in [0.717, 1.165) is 0 Å². The van der Waals surface area contributed by atoms with Gasteiger partial charge < -0.3 is 4.90 Å². The summed E-state index contributed by atoms with van der Waals surface area (Å²) in [5.74, 6) is -0.168. The van der Waals surface area contributed by atoms with E-state index in [9.17, 15) is 4.79 Å². The van der Waals surface area contributed by atoms with Crippen molar-refractivity contribution in [2.45, 2.75) is 26.3 Å². The van der Waals surface area contributed by atoms with Crippen molar-refractivity contribution in [1.29, 1.82) is 0 Å². The zero-order valence-corrected chi connectivity index (χ0v) is 8.74. The maximum Gasteiger partial charge on any atom is 0.256 e. The highest BCUT2D eigenvalue weighted by atomic mass is 16.1. The summed E-state index contributed by atoms with van der Waals surface area (Å²) in [4.78, 5) is 20.4. The summed E-state index contributed by atoms with van der Waals surface area (Å²) in [6.07, 6.45) is 0.416. The van der Waals surface area contributed by atoms with Crippen LogP contribution in [0.25, 0.3) is 0 Å². The first-order valence-electron chi connectivity index (χ1n) is 4.39. The predicted octanol–water partition coefficient (Wildman–Crippen LogP) is 1.05. The van der Waals surface area contributed by atoms with Gasteiger partial charge in [-0.3, -0.25) is 4.79 Å². The lowest BCUT2D eigenvalue weighted by Gasteiger charge is -2.16. The van der Waals surface area contributed by atoms with Gasteiger partial charge in [-0.1, -0.05) is 0 Å². The fraction of sp³-hybridized carbons (Fsp3) is 0.778. The lowest BCUT2D eigenvalue weighted by atomic mass is 10.2. The zero-order chi connectivity index (χ0) is 10.3. The summed E-state index contributed by atoms with van der Waals surface area (Å²) in [5, 5.41) is 0. The Bertz CT molecular complexity index is 217. The second kappa shape index (κ2) is 6.52. The van der Waals surface area contributed by atoms with Crippen LogP contribution in [0.2, 0.25) is 0 Å². The van der Waals surface area contributed by atoms with Crippen molar-refractivity contribution >= 4 is 11.9 Å². The van der Waals surface area contributed by atoms with Crippen LogP contribution in [-0.4, -0.2) is 43.5 Å². The van der Waals surface area contributed by atoms with Crippen molar-refractivity contribution in [2.24, 2.45) is 9.98 Å². The Morgan fingerprint density at radius 1 is 1.54 bits per heavy atom. The fourth-order valence-corrected chi connectivity index (χ4v) is 0.643. The molecule has 0 N–H and O–H groups in total. The average Bonchev–Trinajstić information content (AvgIpc) is 2.04. The lowest BCUT2D eigenvalue weighted by Crippen LogP contribution is -2.26. The van der Waals surface area contributed by atoms with E-state index >= 15 is 0 Å². The van der Waals surface area contributed by atoms with Crippen LogP contribution in [0.4, 0.5) is 0 Å². The van der Waals surface area contributed by atoms with Gasteiger partial charge in [-0.15, -0.1) is 4.99 Å². The van der Waals surface area contributed by atoms with Crippen LogP contribution < -0.4 is 0 Å². The molecule has 0 fully saturated rings. The second-order valence-electron chi connectivity index (χ2n) is 3.10. The molecule has 1 atom stereocenters. The minimum atomic E-state index is -0.168. The van der Waals surface area contributed by atoms with E-state index in [0.29, 0.717) is 13.0 Å².